The van der Waals surface area contributed by atoms with E-state index in [2.05, 4.69) is 60.2 Å². The van der Waals surface area contributed by atoms with Gasteiger partial charge >= 0.3 is 0 Å². The quantitative estimate of drug-likeness (QED) is 0.405. The van der Waals surface area contributed by atoms with Gasteiger partial charge in [-0.25, -0.2) is 4.39 Å². The van der Waals surface area contributed by atoms with Gasteiger partial charge in [0.15, 0.2) is 0 Å². The van der Waals surface area contributed by atoms with Crippen molar-refractivity contribution in [2.45, 2.75) is 38.9 Å². The van der Waals surface area contributed by atoms with E-state index in [9.17, 15) is 4.39 Å². The standard InChI is InChI=1S/C18H24FNOSi.C4H5BrN2/c1-18(2,3)22(4,5)21-17-11-9-15(10-12-17)20-16-8-6-7-14(19)13-16;1-7-3-4(5)2-6-7/h6-13,20H,1-5H3;2-3H,1H3. The molecule has 0 radical (unpaired) electrons. The number of aromatic nitrogens is 2. The van der Waals surface area contributed by atoms with Crippen LogP contribution in [-0.2, 0) is 7.05 Å². The van der Waals surface area contributed by atoms with Gasteiger partial charge in [0.25, 0.3) is 0 Å². The second kappa shape index (κ2) is 9.58. The lowest BCUT2D eigenvalue weighted by Gasteiger charge is -2.36. The van der Waals surface area contributed by atoms with Gasteiger partial charge in [-0.05, 0) is 76.5 Å². The Morgan fingerprint density at radius 2 is 1.72 bits per heavy atom. The van der Waals surface area contributed by atoms with Crippen LogP contribution >= 0.6 is 15.9 Å². The Hall–Kier alpha value is -2.12. The average molecular weight is 478 g/mol. The molecule has 4 nitrogen and oxygen atoms in total. The van der Waals surface area contributed by atoms with Crippen molar-refractivity contribution in [3.05, 3.63) is 71.2 Å². The monoisotopic (exact) mass is 477 g/mol. The third-order valence-corrected chi connectivity index (χ3v) is 9.59. The molecule has 0 atom stereocenters. The number of aryl methyl sites for hydroxylation is 1. The van der Waals surface area contributed by atoms with Gasteiger partial charge in [-0.2, -0.15) is 5.10 Å². The summed E-state index contributed by atoms with van der Waals surface area (Å²) >= 11 is 3.25. The Kier molecular flexibility index (Phi) is 7.65. The van der Waals surface area contributed by atoms with Crippen LogP contribution in [0.25, 0.3) is 0 Å². The van der Waals surface area contributed by atoms with Crippen molar-refractivity contribution < 1.29 is 8.82 Å². The maximum absolute atomic E-state index is 13.2. The third-order valence-electron chi connectivity index (χ3n) is 4.82. The zero-order valence-corrected chi connectivity index (χ0v) is 20.4. The molecule has 0 spiro atoms. The summed E-state index contributed by atoms with van der Waals surface area (Å²) in [6, 6.07) is 14.3. The molecule has 3 aromatic rings. The Bertz CT molecular complexity index is 904. The van der Waals surface area contributed by atoms with Crippen molar-refractivity contribution in [2.24, 2.45) is 7.05 Å². The van der Waals surface area contributed by atoms with Crippen molar-refractivity contribution in [1.82, 2.24) is 9.78 Å². The van der Waals surface area contributed by atoms with Crippen LogP contribution in [0.2, 0.25) is 18.1 Å². The van der Waals surface area contributed by atoms with Gasteiger partial charge in [0, 0.05) is 24.6 Å². The molecule has 156 valence electrons. The average Bonchev–Trinajstić information content (AvgIpc) is 2.99. The summed E-state index contributed by atoms with van der Waals surface area (Å²) in [5.74, 6) is 0.638. The SMILES string of the molecule is CC(C)(C)[Si](C)(C)Oc1ccc(Nc2cccc(F)c2)cc1.Cn1cc(Br)cn1. The van der Waals surface area contributed by atoms with Crippen molar-refractivity contribution in [3.63, 3.8) is 0 Å². The van der Waals surface area contributed by atoms with Gasteiger partial charge in [-0.15, -0.1) is 0 Å². The fraction of sp³-hybridized carbons (Fsp3) is 0.318. The maximum atomic E-state index is 13.2. The second-order valence-electron chi connectivity index (χ2n) is 8.35. The Morgan fingerprint density at radius 1 is 1.07 bits per heavy atom. The maximum Gasteiger partial charge on any atom is 0.250 e. The number of anilines is 2. The molecule has 29 heavy (non-hydrogen) atoms. The summed E-state index contributed by atoms with van der Waals surface area (Å²) < 4.78 is 22.2. The molecule has 0 bridgehead atoms. The molecule has 0 fully saturated rings. The summed E-state index contributed by atoms with van der Waals surface area (Å²) in [4.78, 5) is 0. The van der Waals surface area contributed by atoms with Crippen molar-refractivity contribution in [2.75, 3.05) is 5.32 Å². The van der Waals surface area contributed by atoms with Crippen molar-refractivity contribution >= 4 is 35.6 Å². The Morgan fingerprint density at radius 3 is 2.17 bits per heavy atom. The van der Waals surface area contributed by atoms with E-state index in [4.69, 9.17) is 4.43 Å². The minimum Gasteiger partial charge on any atom is -0.544 e. The van der Waals surface area contributed by atoms with Gasteiger partial charge in [-0.3, -0.25) is 4.68 Å². The fourth-order valence-electron chi connectivity index (χ4n) is 2.18. The molecule has 0 aliphatic heterocycles. The van der Waals surface area contributed by atoms with Crippen LogP contribution < -0.4 is 9.74 Å². The lowest BCUT2D eigenvalue weighted by Crippen LogP contribution is -2.43. The molecule has 7 heteroatoms. The van der Waals surface area contributed by atoms with Gasteiger partial charge in [0.2, 0.25) is 8.32 Å². The molecule has 0 aliphatic carbocycles. The smallest absolute Gasteiger partial charge is 0.250 e. The second-order valence-corrected chi connectivity index (χ2v) is 14.0. The minimum absolute atomic E-state index is 0.172. The molecule has 0 amide bonds. The normalized spacial score (nSPS) is 11.4. The zero-order chi connectivity index (χ0) is 21.7. The molecule has 0 saturated heterocycles. The van der Waals surface area contributed by atoms with E-state index in [1.165, 1.54) is 12.1 Å². The summed E-state index contributed by atoms with van der Waals surface area (Å²) in [6.07, 6.45) is 3.64. The highest BCUT2D eigenvalue weighted by Gasteiger charge is 2.38. The van der Waals surface area contributed by atoms with Crippen LogP contribution in [0.3, 0.4) is 0 Å². The van der Waals surface area contributed by atoms with E-state index < -0.39 is 8.32 Å². The number of hydrogen-bond acceptors (Lipinski definition) is 3. The summed E-state index contributed by atoms with van der Waals surface area (Å²) in [6.45, 7) is 11.1. The molecule has 0 aliphatic rings. The summed E-state index contributed by atoms with van der Waals surface area (Å²) in [5.41, 5.74) is 1.64. The van der Waals surface area contributed by atoms with Crippen LogP contribution in [-0.4, -0.2) is 18.1 Å². The third kappa shape index (κ3) is 7.33. The highest BCUT2D eigenvalue weighted by molar-refractivity contribution is 9.10. The number of hydrogen-bond donors (Lipinski definition) is 1. The minimum atomic E-state index is -1.81. The van der Waals surface area contributed by atoms with E-state index in [0.29, 0.717) is 0 Å². The largest absolute Gasteiger partial charge is 0.544 e. The molecule has 2 aromatic carbocycles. The first-order valence-corrected chi connectivity index (χ1v) is 13.1. The lowest BCUT2D eigenvalue weighted by molar-refractivity contribution is 0.492. The molecule has 1 heterocycles. The van der Waals surface area contributed by atoms with Gasteiger partial charge in [-0.1, -0.05) is 26.8 Å². The van der Waals surface area contributed by atoms with E-state index in [0.717, 1.165) is 21.6 Å². The van der Waals surface area contributed by atoms with Crippen molar-refractivity contribution in [1.29, 1.82) is 0 Å². The van der Waals surface area contributed by atoms with E-state index in [1.807, 2.05) is 43.6 Å². The number of nitrogens with zero attached hydrogens (tertiary/aromatic N) is 2. The number of rotatable bonds is 4. The Balaban J connectivity index is 0.000000360. The van der Waals surface area contributed by atoms with Gasteiger partial charge in [0.1, 0.15) is 11.6 Å². The first kappa shape index (κ1) is 23.2. The first-order valence-electron chi connectivity index (χ1n) is 9.42. The lowest BCUT2D eigenvalue weighted by atomic mass is 10.2. The highest BCUT2D eigenvalue weighted by Crippen LogP contribution is 2.37. The van der Waals surface area contributed by atoms with E-state index in [1.54, 1.807) is 16.9 Å². The predicted molar refractivity (Wildman–Crippen MR) is 125 cm³/mol. The molecule has 0 unspecified atom stereocenters. The van der Waals surface area contributed by atoms with Crippen LogP contribution in [0.15, 0.2) is 65.4 Å². The van der Waals surface area contributed by atoms with E-state index >= 15 is 0 Å². The van der Waals surface area contributed by atoms with Crippen LogP contribution in [0.5, 0.6) is 5.75 Å². The first-order chi connectivity index (χ1) is 13.5. The van der Waals surface area contributed by atoms with Crippen LogP contribution in [0, 0.1) is 5.82 Å². The van der Waals surface area contributed by atoms with Crippen LogP contribution in [0.1, 0.15) is 20.8 Å². The molecular weight excluding hydrogens is 449 g/mol. The van der Waals surface area contributed by atoms with Crippen LogP contribution in [0.4, 0.5) is 15.8 Å². The molecular formula is C22H29BrFN3OSi. The number of halogens is 2. The number of nitrogens with one attached hydrogen (secondary N) is 1. The van der Waals surface area contributed by atoms with Crippen molar-refractivity contribution in [3.8, 4) is 5.75 Å². The molecule has 1 N–H and O–H groups in total. The van der Waals surface area contributed by atoms with Gasteiger partial charge in [0.05, 0.1) is 10.7 Å². The Labute approximate surface area is 182 Å². The van der Waals surface area contributed by atoms with Gasteiger partial charge < -0.3 is 9.74 Å². The zero-order valence-electron chi connectivity index (χ0n) is 17.8. The highest BCUT2D eigenvalue weighted by atomic mass is 79.9. The molecule has 0 saturated carbocycles. The molecule has 3 rings (SSSR count). The van der Waals surface area contributed by atoms with E-state index in [-0.39, 0.29) is 10.9 Å². The predicted octanol–water partition coefficient (Wildman–Crippen LogP) is 7.14. The fourth-order valence-corrected chi connectivity index (χ4v) is 3.60. The topological polar surface area (TPSA) is 39.1 Å². The number of benzene rings is 2. The molecule has 1 aromatic heterocycles. The summed E-state index contributed by atoms with van der Waals surface area (Å²) in [7, 11) is 0.0650. The summed E-state index contributed by atoms with van der Waals surface area (Å²) in [5, 5.41) is 7.24.